The highest BCUT2D eigenvalue weighted by atomic mass is 35.5. The first-order chi connectivity index (χ1) is 14.1. The van der Waals surface area contributed by atoms with Gasteiger partial charge in [-0.25, -0.2) is 4.39 Å². The van der Waals surface area contributed by atoms with Crippen molar-refractivity contribution in [2.24, 2.45) is 11.3 Å². The van der Waals surface area contributed by atoms with Gasteiger partial charge in [0.25, 0.3) is 6.92 Å². The molecule has 0 bridgehead atoms. The third kappa shape index (κ3) is 6.83. The van der Waals surface area contributed by atoms with Gasteiger partial charge in [-0.3, -0.25) is 4.79 Å². The molecule has 0 spiro atoms. The topological polar surface area (TPSA) is 66.8 Å². The molecule has 2 aromatic carbocycles. The van der Waals surface area contributed by atoms with Crippen molar-refractivity contribution in [3.63, 3.8) is 0 Å². The van der Waals surface area contributed by atoms with Gasteiger partial charge in [0.15, 0.2) is 0 Å². The Morgan fingerprint density at radius 3 is 2.50 bits per heavy atom. The van der Waals surface area contributed by atoms with Gasteiger partial charge in [0, 0.05) is 17.2 Å². The lowest BCUT2D eigenvalue weighted by molar-refractivity contribution is -0.152. The van der Waals surface area contributed by atoms with Crippen LogP contribution >= 0.6 is 11.6 Å². The molecule has 7 heteroatoms. The van der Waals surface area contributed by atoms with Gasteiger partial charge in [-0.2, -0.15) is 0 Å². The highest BCUT2D eigenvalue weighted by Crippen LogP contribution is 2.33. The van der Waals surface area contributed by atoms with Crippen molar-refractivity contribution in [1.29, 1.82) is 0 Å². The zero-order valence-electron chi connectivity index (χ0n) is 17.7. The molecule has 2 atom stereocenters. The fourth-order valence-corrected chi connectivity index (χ4v) is 3.94. The van der Waals surface area contributed by atoms with Crippen molar-refractivity contribution in [3.8, 4) is 11.1 Å². The van der Waals surface area contributed by atoms with Crippen LogP contribution in [0.1, 0.15) is 25.8 Å². The zero-order valence-corrected chi connectivity index (χ0v) is 18.5. The van der Waals surface area contributed by atoms with E-state index in [1.165, 1.54) is 12.1 Å². The SMILES string of the molecule is CCOC[C@](C)(C[C@H](CB(C)O)Cc1ccc(-c2cc(Cl)ccc2F)cc1)C(=O)O. The van der Waals surface area contributed by atoms with Gasteiger partial charge in [0.2, 0.25) is 0 Å². The molecule has 4 nitrogen and oxygen atoms in total. The lowest BCUT2D eigenvalue weighted by Gasteiger charge is -2.30. The summed E-state index contributed by atoms with van der Waals surface area (Å²) in [5.41, 5.74) is 1.12. The lowest BCUT2D eigenvalue weighted by atomic mass is 9.60. The molecule has 0 fully saturated rings. The molecule has 0 aliphatic rings. The fourth-order valence-electron chi connectivity index (χ4n) is 3.77. The Bertz CT molecular complexity index is 844. The van der Waals surface area contributed by atoms with E-state index in [1.807, 2.05) is 31.2 Å². The highest BCUT2D eigenvalue weighted by Gasteiger charge is 2.36. The van der Waals surface area contributed by atoms with Crippen molar-refractivity contribution >= 4 is 24.5 Å². The van der Waals surface area contributed by atoms with Crippen LogP contribution in [0.15, 0.2) is 42.5 Å². The predicted octanol–water partition coefficient (Wildman–Crippen LogP) is 5.44. The maximum atomic E-state index is 14.1. The predicted molar refractivity (Wildman–Crippen MR) is 120 cm³/mol. The molecular weight excluding hydrogens is 406 g/mol. The molecule has 0 unspecified atom stereocenters. The second-order valence-electron chi connectivity index (χ2n) is 8.18. The molecule has 162 valence electrons. The standard InChI is InChI=1S/C23H29BClFO4/c1-4-30-15-23(2,22(27)28)13-17(14-24(3)29)11-16-5-7-18(8-6-16)20-12-19(25)9-10-21(20)26/h5-10,12,17,29H,4,11,13-15H2,1-3H3,(H,27,28)/t17-,23+/m1/s1. The van der Waals surface area contributed by atoms with E-state index in [4.69, 9.17) is 16.3 Å². The summed E-state index contributed by atoms with van der Waals surface area (Å²) < 4.78 is 19.5. The summed E-state index contributed by atoms with van der Waals surface area (Å²) in [6.45, 7) is 5.26. The van der Waals surface area contributed by atoms with Gasteiger partial charge >= 0.3 is 5.97 Å². The molecule has 0 amide bonds. The summed E-state index contributed by atoms with van der Waals surface area (Å²) in [5, 5.41) is 20.1. The number of rotatable bonds is 11. The van der Waals surface area contributed by atoms with E-state index in [1.54, 1.807) is 19.8 Å². The van der Waals surface area contributed by atoms with Crippen molar-refractivity contribution in [2.45, 2.75) is 39.8 Å². The molecule has 0 aromatic heterocycles. The van der Waals surface area contributed by atoms with E-state index >= 15 is 0 Å². The number of aliphatic carboxylic acids is 1. The normalized spacial score (nSPS) is 14.2. The summed E-state index contributed by atoms with van der Waals surface area (Å²) in [6.07, 6.45) is 1.48. The highest BCUT2D eigenvalue weighted by molar-refractivity contribution is 6.48. The number of hydrogen-bond acceptors (Lipinski definition) is 3. The molecular formula is C23H29BClFO4. The molecule has 0 aliphatic carbocycles. The van der Waals surface area contributed by atoms with Gasteiger partial charge in [0.1, 0.15) is 5.82 Å². The molecule has 0 saturated heterocycles. The van der Waals surface area contributed by atoms with Gasteiger partial charge in [-0.1, -0.05) is 42.7 Å². The van der Waals surface area contributed by atoms with Gasteiger partial charge in [-0.15, -0.1) is 0 Å². The van der Waals surface area contributed by atoms with Crippen molar-refractivity contribution < 1.29 is 24.1 Å². The number of hydrogen-bond donors (Lipinski definition) is 2. The van der Waals surface area contributed by atoms with Gasteiger partial charge in [0.05, 0.1) is 12.0 Å². The molecule has 0 heterocycles. The Morgan fingerprint density at radius 1 is 1.27 bits per heavy atom. The minimum absolute atomic E-state index is 0.0414. The average Bonchev–Trinajstić information content (AvgIpc) is 2.68. The first-order valence-electron chi connectivity index (χ1n) is 10.2. The van der Waals surface area contributed by atoms with Crippen LogP contribution in [0.4, 0.5) is 4.39 Å². The van der Waals surface area contributed by atoms with Crippen LogP contribution in [0.25, 0.3) is 11.1 Å². The van der Waals surface area contributed by atoms with Crippen molar-refractivity contribution in [3.05, 3.63) is 58.9 Å². The molecule has 0 aliphatic heterocycles. The quantitative estimate of drug-likeness (QED) is 0.462. The van der Waals surface area contributed by atoms with Gasteiger partial charge in [-0.05, 0) is 68.3 Å². The number of ether oxygens (including phenoxy) is 1. The number of carboxylic acid groups (broad SMARTS) is 1. The van der Waals surface area contributed by atoms with Crippen molar-refractivity contribution in [2.75, 3.05) is 13.2 Å². The van der Waals surface area contributed by atoms with Crippen LogP contribution in [0.5, 0.6) is 0 Å². The Hall–Kier alpha value is -1.89. The molecule has 2 N–H and O–H groups in total. The summed E-state index contributed by atoms with van der Waals surface area (Å²) in [7, 11) is 0. The molecule has 0 saturated carbocycles. The second kappa shape index (κ2) is 10.9. The van der Waals surface area contributed by atoms with E-state index < -0.39 is 18.3 Å². The van der Waals surface area contributed by atoms with E-state index in [-0.39, 0.29) is 18.3 Å². The Labute approximate surface area is 183 Å². The molecule has 0 radical (unpaired) electrons. The first-order valence-corrected chi connectivity index (χ1v) is 10.6. The first kappa shape index (κ1) is 24.4. The van der Waals surface area contributed by atoms with Crippen LogP contribution in [0.2, 0.25) is 18.2 Å². The van der Waals surface area contributed by atoms with Crippen LogP contribution in [-0.2, 0) is 16.0 Å². The maximum Gasteiger partial charge on any atom is 0.311 e. The van der Waals surface area contributed by atoms with Gasteiger partial charge < -0.3 is 14.9 Å². The summed E-state index contributed by atoms with van der Waals surface area (Å²) in [4.78, 5) is 11.9. The lowest BCUT2D eigenvalue weighted by Crippen LogP contribution is -2.36. The minimum atomic E-state index is -1.03. The Kier molecular flexibility index (Phi) is 8.89. The number of carbonyl (C=O) groups is 1. The van der Waals surface area contributed by atoms with Crippen LogP contribution in [-0.4, -0.2) is 36.2 Å². The second-order valence-corrected chi connectivity index (χ2v) is 8.62. The number of halogens is 2. The Balaban J connectivity index is 2.19. The monoisotopic (exact) mass is 434 g/mol. The molecule has 30 heavy (non-hydrogen) atoms. The van der Waals surface area contributed by atoms with Crippen LogP contribution < -0.4 is 0 Å². The summed E-state index contributed by atoms with van der Waals surface area (Å²) in [6, 6.07) is 11.9. The number of carboxylic acids is 1. The summed E-state index contributed by atoms with van der Waals surface area (Å²) >= 11 is 5.99. The maximum absolute atomic E-state index is 14.1. The third-order valence-corrected chi connectivity index (χ3v) is 5.51. The van der Waals surface area contributed by atoms with E-state index in [9.17, 15) is 19.3 Å². The zero-order chi connectivity index (χ0) is 22.3. The van der Waals surface area contributed by atoms with Crippen LogP contribution in [0, 0.1) is 17.2 Å². The third-order valence-electron chi connectivity index (χ3n) is 5.27. The van der Waals surface area contributed by atoms with E-state index in [0.717, 1.165) is 11.1 Å². The fraction of sp³-hybridized carbons (Fsp3) is 0.435. The minimum Gasteiger partial charge on any atom is -0.481 e. The molecule has 2 aromatic rings. The average molecular weight is 435 g/mol. The largest absolute Gasteiger partial charge is 0.481 e. The van der Waals surface area contributed by atoms with Crippen LogP contribution in [0.3, 0.4) is 0 Å². The smallest absolute Gasteiger partial charge is 0.311 e. The Morgan fingerprint density at radius 2 is 1.93 bits per heavy atom. The van der Waals surface area contributed by atoms with E-state index in [2.05, 4.69) is 0 Å². The van der Waals surface area contributed by atoms with E-state index in [0.29, 0.717) is 36.4 Å². The number of benzene rings is 2. The van der Waals surface area contributed by atoms with Crippen molar-refractivity contribution in [1.82, 2.24) is 0 Å². The summed E-state index contributed by atoms with van der Waals surface area (Å²) in [5.74, 6) is -1.29. The molecule has 2 rings (SSSR count).